The first-order chi connectivity index (χ1) is 11.8. The quantitative estimate of drug-likeness (QED) is 0.794. The zero-order valence-electron chi connectivity index (χ0n) is 14.7. The molecule has 25 heavy (non-hydrogen) atoms. The van der Waals surface area contributed by atoms with Gasteiger partial charge in [0, 0.05) is 33.8 Å². The van der Waals surface area contributed by atoms with Crippen LogP contribution >= 0.6 is 11.3 Å². The van der Waals surface area contributed by atoms with Gasteiger partial charge in [0.2, 0.25) is 5.79 Å². The Morgan fingerprint density at radius 3 is 2.76 bits per heavy atom. The molecule has 2 aromatic heterocycles. The molecule has 0 N–H and O–H groups in total. The van der Waals surface area contributed by atoms with Crippen molar-refractivity contribution in [1.29, 1.82) is 0 Å². The second-order valence-corrected chi connectivity index (χ2v) is 7.03. The van der Waals surface area contributed by atoms with E-state index in [1.807, 2.05) is 0 Å². The number of aryl methyl sites for hydroxylation is 1. The first kappa shape index (κ1) is 18.4. The van der Waals surface area contributed by atoms with Crippen molar-refractivity contribution in [1.82, 2.24) is 9.55 Å². The van der Waals surface area contributed by atoms with Gasteiger partial charge in [0.25, 0.3) is 5.56 Å². The molecule has 0 aromatic carbocycles. The summed E-state index contributed by atoms with van der Waals surface area (Å²) in [6.07, 6.45) is -0.181. The Labute approximate surface area is 148 Å². The normalized spacial score (nSPS) is 32.6. The largest absolute Gasteiger partial charge is 0.382 e. The van der Waals surface area contributed by atoms with Gasteiger partial charge in [-0.05, 0) is 6.92 Å². The Morgan fingerprint density at radius 2 is 2.16 bits per heavy atom. The number of hydrogen-bond acceptors (Lipinski definition) is 7. The molecule has 2 aromatic rings. The van der Waals surface area contributed by atoms with Crippen molar-refractivity contribution in [2.45, 2.75) is 30.6 Å². The Bertz CT molecular complexity index is 836. The maximum Gasteiger partial charge on any atom is 0.261 e. The summed E-state index contributed by atoms with van der Waals surface area (Å²) in [7, 11) is 5.90. The van der Waals surface area contributed by atoms with E-state index in [1.165, 1.54) is 50.5 Å². The topological polar surface area (TPSA) is 71.8 Å². The molecule has 4 atom stereocenters. The molecule has 0 radical (unpaired) electrons. The SMILES string of the molecule is COCC1OC(OC)(c2scc3c(=O)n(C)cnc23)C(C)(F)C1OC. The van der Waals surface area contributed by atoms with E-state index in [2.05, 4.69) is 4.98 Å². The molecule has 1 aliphatic rings. The number of halogens is 1. The first-order valence-electron chi connectivity index (χ1n) is 7.71. The number of nitrogens with zero attached hydrogens (tertiary/aromatic N) is 2. The van der Waals surface area contributed by atoms with Gasteiger partial charge in [-0.3, -0.25) is 4.79 Å². The van der Waals surface area contributed by atoms with E-state index < -0.39 is 23.7 Å². The van der Waals surface area contributed by atoms with Gasteiger partial charge in [-0.25, -0.2) is 9.37 Å². The van der Waals surface area contributed by atoms with Crippen molar-refractivity contribution in [3.8, 4) is 0 Å². The fourth-order valence-corrected chi connectivity index (χ4v) is 4.66. The fraction of sp³-hybridized carbons (Fsp3) is 0.625. The van der Waals surface area contributed by atoms with Crippen LogP contribution in [0.3, 0.4) is 0 Å². The maximum atomic E-state index is 15.9. The number of hydrogen-bond donors (Lipinski definition) is 0. The summed E-state index contributed by atoms with van der Waals surface area (Å²) in [5, 5.41) is 2.04. The molecular formula is C16H21FN2O5S. The van der Waals surface area contributed by atoms with Gasteiger partial charge in [-0.2, -0.15) is 0 Å². The minimum atomic E-state index is -2.03. The van der Waals surface area contributed by atoms with Crippen LogP contribution in [0, 0.1) is 0 Å². The average Bonchev–Trinajstić information content (AvgIpc) is 3.09. The van der Waals surface area contributed by atoms with Crippen LogP contribution in [-0.2, 0) is 31.8 Å². The van der Waals surface area contributed by atoms with Gasteiger partial charge >= 0.3 is 0 Å². The van der Waals surface area contributed by atoms with Crippen LogP contribution < -0.4 is 5.56 Å². The Kier molecular flexibility index (Phi) is 4.71. The van der Waals surface area contributed by atoms with Gasteiger partial charge < -0.3 is 23.5 Å². The highest BCUT2D eigenvalue weighted by Crippen LogP contribution is 2.53. The molecule has 7 nitrogen and oxygen atoms in total. The van der Waals surface area contributed by atoms with Crippen molar-refractivity contribution < 1.29 is 23.3 Å². The molecule has 1 fully saturated rings. The Morgan fingerprint density at radius 1 is 1.44 bits per heavy atom. The number of ether oxygens (including phenoxy) is 4. The third-order valence-electron chi connectivity index (χ3n) is 4.68. The van der Waals surface area contributed by atoms with Gasteiger partial charge in [-0.15, -0.1) is 11.3 Å². The summed E-state index contributed by atoms with van der Waals surface area (Å²) >= 11 is 1.18. The minimum absolute atomic E-state index is 0.141. The molecule has 4 unspecified atom stereocenters. The number of rotatable bonds is 5. The van der Waals surface area contributed by atoms with Gasteiger partial charge in [-0.1, -0.05) is 0 Å². The molecule has 0 saturated carbocycles. The zero-order chi connectivity index (χ0) is 18.4. The summed E-state index contributed by atoms with van der Waals surface area (Å²) in [6, 6.07) is 0. The number of fused-ring (bicyclic) bond motifs is 1. The lowest BCUT2D eigenvalue weighted by Crippen LogP contribution is -2.50. The highest BCUT2D eigenvalue weighted by Gasteiger charge is 2.67. The lowest BCUT2D eigenvalue weighted by molar-refractivity contribution is -0.267. The van der Waals surface area contributed by atoms with Crippen molar-refractivity contribution >= 4 is 22.2 Å². The molecule has 138 valence electrons. The van der Waals surface area contributed by atoms with Crippen molar-refractivity contribution in [3.63, 3.8) is 0 Å². The van der Waals surface area contributed by atoms with E-state index in [-0.39, 0.29) is 12.2 Å². The van der Waals surface area contributed by atoms with Crippen molar-refractivity contribution in [3.05, 3.63) is 26.9 Å². The first-order valence-corrected chi connectivity index (χ1v) is 8.59. The molecule has 1 saturated heterocycles. The maximum absolute atomic E-state index is 15.9. The molecule has 0 aliphatic carbocycles. The third kappa shape index (κ3) is 2.45. The summed E-state index contributed by atoms with van der Waals surface area (Å²) < 4.78 is 39.3. The molecule has 3 rings (SSSR count). The molecule has 0 bridgehead atoms. The van der Waals surface area contributed by atoms with E-state index in [4.69, 9.17) is 18.9 Å². The van der Waals surface area contributed by atoms with Crippen LogP contribution in [-0.4, -0.2) is 55.4 Å². The Balaban J connectivity index is 2.22. The highest BCUT2D eigenvalue weighted by molar-refractivity contribution is 7.11. The molecule has 9 heteroatoms. The van der Waals surface area contributed by atoms with Crippen LogP contribution in [0.2, 0.25) is 0 Å². The lowest BCUT2D eigenvalue weighted by atomic mass is 9.90. The number of methoxy groups -OCH3 is 3. The summed E-state index contributed by atoms with van der Waals surface area (Å²) in [4.78, 5) is 17.0. The van der Waals surface area contributed by atoms with E-state index in [0.29, 0.717) is 15.8 Å². The monoisotopic (exact) mass is 372 g/mol. The van der Waals surface area contributed by atoms with E-state index in [0.717, 1.165) is 0 Å². The van der Waals surface area contributed by atoms with Crippen LogP contribution in [0.5, 0.6) is 0 Å². The van der Waals surface area contributed by atoms with Crippen molar-refractivity contribution in [2.24, 2.45) is 7.05 Å². The van der Waals surface area contributed by atoms with Gasteiger partial charge in [0.05, 0.1) is 28.7 Å². The summed E-state index contributed by atoms with van der Waals surface area (Å²) in [6.45, 7) is 1.51. The molecule has 1 aliphatic heterocycles. The predicted octanol–water partition coefficient (Wildman–Crippen LogP) is 1.58. The fourth-order valence-electron chi connectivity index (χ4n) is 3.45. The zero-order valence-corrected chi connectivity index (χ0v) is 15.6. The Hall–Kier alpha value is -1.39. The second kappa shape index (κ2) is 6.40. The lowest BCUT2D eigenvalue weighted by Gasteiger charge is -2.35. The van der Waals surface area contributed by atoms with Crippen LogP contribution in [0.1, 0.15) is 11.8 Å². The molecule has 0 amide bonds. The van der Waals surface area contributed by atoms with Crippen LogP contribution in [0.25, 0.3) is 10.9 Å². The summed E-state index contributed by atoms with van der Waals surface area (Å²) in [5.74, 6) is -1.75. The molecule has 0 spiro atoms. The van der Waals surface area contributed by atoms with Crippen molar-refractivity contribution in [2.75, 3.05) is 27.9 Å². The average molecular weight is 372 g/mol. The minimum Gasteiger partial charge on any atom is -0.382 e. The van der Waals surface area contributed by atoms with Crippen LogP contribution in [0.15, 0.2) is 16.5 Å². The predicted molar refractivity (Wildman–Crippen MR) is 90.6 cm³/mol. The van der Waals surface area contributed by atoms with E-state index in [9.17, 15) is 4.79 Å². The highest BCUT2D eigenvalue weighted by atomic mass is 32.1. The molecule has 3 heterocycles. The van der Waals surface area contributed by atoms with Gasteiger partial charge in [0.15, 0.2) is 5.67 Å². The number of alkyl halides is 1. The number of thiophene rings is 1. The number of aromatic nitrogens is 2. The van der Waals surface area contributed by atoms with Gasteiger partial charge in [0.1, 0.15) is 12.2 Å². The van der Waals surface area contributed by atoms with Crippen LogP contribution in [0.4, 0.5) is 4.39 Å². The van der Waals surface area contributed by atoms with E-state index in [1.54, 1.807) is 12.4 Å². The molecular weight excluding hydrogens is 351 g/mol. The van der Waals surface area contributed by atoms with E-state index >= 15 is 4.39 Å². The summed E-state index contributed by atoms with van der Waals surface area (Å²) in [5.41, 5.74) is -1.87. The smallest absolute Gasteiger partial charge is 0.261 e. The third-order valence-corrected chi connectivity index (χ3v) is 5.73. The second-order valence-electron chi connectivity index (χ2n) is 6.15. The standard InChI is InChI=1S/C16H21FN2O5S/c1-15(17)12(22-4)10(6-21-3)24-16(15,23-5)13-11-9(7-25-13)14(20)19(2)8-18-11/h7-8,10,12H,6H2,1-5H3.